The number of fused-ring (bicyclic) bond motifs is 1. The average Bonchev–Trinajstić information content (AvgIpc) is 3.11. The summed E-state index contributed by atoms with van der Waals surface area (Å²) < 4.78 is 5.06. The molecule has 0 saturated carbocycles. The van der Waals surface area contributed by atoms with E-state index in [9.17, 15) is 9.59 Å². The Labute approximate surface area is 169 Å². The van der Waals surface area contributed by atoms with E-state index in [0.29, 0.717) is 42.2 Å². The van der Waals surface area contributed by atoms with Crippen molar-refractivity contribution < 1.29 is 14.3 Å². The van der Waals surface area contributed by atoms with Crippen LogP contribution in [0.4, 0.5) is 5.82 Å². The van der Waals surface area contributed by atoms with E-state index < -0.39 is 0 Å². The van der Waals surface area contributed by atoms with Gasteiger partial charge < -0.3 is 25.3 Å². The number of piperidine rings is 1. The zero-order valence-electron chi connectivity index (χ0n) is 17.1. The number of carbonyl (C=O) groups excluding carboxylic acids is 2. The normalized spacial score (nSPS) is 17.0. The predicted octanol–water partition coefficient (Wildman–Crippen LogP) is 1.70. The van der Waals surface area contributed by atoms with E-state index in [1.165, 1.54) is 6.08 Å². The number of ether oxygens (including phenoxy) is 1. The van der Waals surface area contributed by atoms with Gasteiger partial charge in [-0.05, 0) is 32.8 Å². The van der Waals surface area contributed by atoms with Crippen LogP contribution in [0.1, 0.15) is 37.0 Å². The van der Waals surface area contributed by atoms with Gasteiger partial charge in [0.25, 0.3) is 5.91 Å². The van der Waals surface area contributed by atoms with Crippen LogP contribution in [-0.2, 0) is 9.53 Å². The molecule has 2 amide bonds. The van der Waals surface area contributed by atoms with Crippen molar-refractivity contribution in [1.29, 1.82) is 0 Å². The number of hydrogen-bond donors (Lipinski definition) is 3. The van der Waals surface area contributed by atoms with Gasteiger partial charge in [-0.25, -0.2) is 9.97 Å². The Bertz CT molecular complexity index is 901. The second-order valence-electron chi connectivity index (χ2n) is 7.70. The maximum atomic E-state index is 12.6. The highest BCUT2D eigenvalue weighted by molar-refractivity contribution is 6.04. The molecular weight excluding hydrogens is 372 g/mol. The molecule has 2 aromatic heterocycles. The molecule has 9 nitrogen and oxygen atoms in total. The molecule has 3 rings (SSSR count). The molecule has 0 aromatic carbocycles. The lowest BCUT2D eigenvalue weighted by molar-refractivity contribution is -0.127. The van der Waals surface area contributed by atoms with Gasteiger partial charge in [-0.2, -0.15) is 0 Å². The summed E-state index contributed by atoms with van der Waals surface area (Å²) in [4.78, 5) is 38.2. The molecule has 29 heavy (non-hydrogen) atoms. The highest BCUT2D eigenvalue weighted by Crippen LogP contribution is 2.27. The number of H-pyrrole nitrogens is 1. The van der Waals surface area contributed by atoms with Gasteiger partial charge in [0.15, 0.2) is 5.65 Å². The number of rotatable bonds is 7. The third-order valence-corrected chi connectivity index (χ3v) is 5.20. The number of hydrogen-bond acceptors (Lipinski definition) is 6. The van der Waals surface area contributed by atoms with Crippen LogP contribution in [-0.4, -0.2) is 70.1 Å². The molecule has 9 heteroatoms. The molecule has 0 spiro atoms. The minimum absolute atomic E-state index is 0.0426. The Morgan fingerprint density at radius 3 is 2.83 bits per heavy atom. The number of aromatic amines is 1. The fourth-order valence-electron chi connectivity index (χ4n) is 3.50. The molecule has 0 radical (unpaired) electrons. The Kier molecular flexibility index (Phi) is 6.17. The number of likely N-dealkylation sites (tertiary alicyclic amines) is 1. The van der Waals surface area contributed by atoms with E-state index in [1.54, 1.807) is 24.4 Å². The average molecular weight is 400 g/mol. The first-order chi connectivity index (χ1) is 13.8. The summed E-state index contributed by atoms with van der Waals surface area (Å²) >= 11 is 0. The van der Waals surface area contributed by atoms with Crippen molar-refractivity contribution in [1.82, 2.24) is 25.2 Å². The van der Waals surface area contributed by atoms with Crippen molar-refractivity contribution >= 4 is 28.8 Å². The molecule has 3 heterocycles. The minimum atomic E-state index is -0.227. The van der Waals surface area contributed by atoms with Crippen LogP contribution >= 0.6 is 0 Å². The summed E-state index contributed by atoms with van der Waals surface area (Å²) in [6.07, 6.45) is 6.18. The second-order valence-corrected chi connectivity index (χ2v) is 7.70. The zero-order valence-corrected chi connectivity index (χ0v) is 17.1. The Morgan fingerprint density at radius 1 is 1.45 bits per heavy atom. The van der Waals surface area contributed by atoms with Gasteiger partial charge >= 0.3 is 0 Å². The monoisotopic (exact) mass is 400 g/mol. The summed E-state index contributed by atoms with van der Waals surface area (Å²) in [5, 5.41) is 6.33. The molecule has 1 fully saturated rings. The Balaban J connectivity index is 1.73. The van der Waals surface area contributed by atoms with E-state index in [4.69, 9.17) is 4.74 Å². The predicted molar refractivity (Wildman–Crippen MR) is 111 cm³/mol. The van der Waals surface area contributed by atoms with Crippen LogP contribution < -0.4 is 10.6 Å². The van der Waals surface area contributed by atoms with Crippen molar-refractivity contribution in [3.05, 3.63) is 30.6 Å². The lowest BCUT2D eigenvalue weighted by Gasteiger charge is -2.39. The number of methoxy groups -OCH3 is 1. The lowest BCUT2D eigenvalue weighted by atomic mass is 9.89. The first-order valence-electron chi connectivity index (χ1n) is 9.68. The van der Waals surface area contributed by atoms with Crippen LogP contribution in [0.3, 0.4) is 0 Å². The van der Waals surface area contributed by atoms with Gasteiger partial charge in [0, 0.05) is 38.0 Å². The number of nitrogens with zero attached hydrogens (tertiary/aromatic N) is 3. The molecule has 2 aromatic rings. The van der Waals surface area contributed by atoms with Crippen LogP contribution in [0.25, 0.3) is 11.2 Å². The molecular formula is C20H28N6O3. The Hall–Kier alpha value is -2.94. The molecule has 156 valence electrons. The number of amides is 2. The van der Waals surface area contributed by atoms with Gasteiger partial charge in [-0.15, -0.1) is 0 Å². The SMILES string of the molecule is C=CC(=O)N1CCC(C)(Nc2cnc3[nH]cc(C(=O)N[C@H](C)COC)c3n2)CC1. The van der Waals surface area contributed by atoms with Crippen LogP contribution in [0.5, 0.6) is 0 Å². The number of aromatic nitrogens is 3. The van der Waals surface area contributed by atoms with Crippen LogP contribution in [0, 0.1) is 0 Å². The Morgan fingerprint density at radius 2 is 2.17 bits per heavy atom. The molecule has 1 atom stereocenters. The second kappa shape index (κ2) is 8.60. The van der Waals surface area contributed by atoms with Crippen molar-refractivity contribution in [2.75, 3.05) is 32.1 Å². The van der Waals surface area contributed by atoms with Crippen LogP contribution in [0.15, 0.2) is 25.0 Å². The number of carbonyl (C=O) groups is 2. The van der Waals surface area contributed by atoms with E-state index in [-0.39, 0.29) is 23.4 Å². The molecule has 0 bridgehead atoms. The van der Waals surface area contributed by atoms with E-state index in [0.717, 1.165) is 12.8 Å². The first kappa shape index (κ1) is 20.8. The fourth-order valence-corrected chi connectivity index (χ4v) is 3.50. The molecule has 3 N–H and O–H groups in total. The third-order valence-electron chi connectivity index (χ3n) is 5.20. The fraction of sp³-hybridized carbons (Fsp3) is 0.500. The maximum absolute atomic E-state index is 12.6. The molecule has 1 saturated heterocycles. The van der Waals surface area contributed by atoms with E-state index in [1.807, 2.05) is 6.92 Å². The van der Waals surface area contributed by atoms with Gasteiger partial charge in [0.2, 0.25) is 5.91 Å². The van der Waals surface area contributed by atoms with Crippen LogP contribution in [0.2, 0.25) is 0 Å². The minimum Gasteiger partial charge on any atom is -0.383 e. The van der Waals surface area contributed by atoms with Crippen molar-refractivity contribution in [2.24, 2.45) is 0 Å². The molecule has 1 aliphatic rings. The molecule has 0 unspecified atom stereocenters. The first-order valence-corrected chi connectivity index (χ1v) is 9.68. The highest BCUT2D eigenvalue weighted by Gasteiger charge is 2.31. The van der Waals surface area contributed by atoms with E-state index >= 15 is 0 Å². The van der Waals surface area contributed by atoms with Gasteiger partial charge in [0.05, 0.1) is 18.4 Å². The summed E-state index contributed by atoms with van der Waals surface area (Å²) in [7, 11) is 1.59. The lowest BCUT2D eigenvalue weighted by Crippen LogP contribution is -2.48. The smallest absolute Gasteiger partial charge is 0.255 e. The molecule has 1 aliphatic heterocycles. The van der Waals surface area contributed by atoms with Crippen molar-refractivity contribution in [3.63, 3.8) is 0 Å². The summed E-state index contributed by atoms with van der Waals surface area (Å²) in [6.45, 7) is 9.25. The van der Waals surface area contributed by atoms with Crippen molar-refractivity contribution in [3.8, 4) is 0 Å². The molecule has 0 aliphatic carbocycles. The highest BCUT2D eigenvalue weighted by atomic mass is 16.5. The van der Waals surface area contributed by atoms with Gasteiger partial charge in [-0.3, -0.25) is 9.59 Å². The number of nitrogens with one attached hydrogen (secondary N) is 3. The van der Waals surface area contributed by atoms with Gasteiger partial charge in [0.1, 0.15) is 11.3 Å². The standard InChI is InChI=1S/C20H28N6O3/c1-5-16(27)26-8-6-20(3,7-9-26)25-15-11-22-18-17(24-15)14(10-21-18)19(28)23-13(2)12-29-4/h5,10-11,13H,1,6-9,12H2,2-4H3,(H,21,22)(H,23,28)(H,24,25)/t13-/m1/s1. The largest absolute Gasteiger partial charge is 0.383 e. The number of anilines is 1. The van der Waals surface area contributed by atoms with E-state index in [2.05, 4.69) is 39.1 Å². The summed E-state index contributed by atoms with van der Waals surface area (Å²) in [5.74, 6) is 0.329. The third kappa shape index (κ3) is 4.73. The van der Waals surface area contributed by atoms with Gasteiger partial charge in [-0.1, -0.05) is 6.58 Å². The summed E-state index contributed by atoms with van der Waals surface area (Å²) in [5.41, 5.74) is 1.29. The maximum Gasteiger partial charge on any atom is 0.255 e. The topological polar surface area (TPSA) is 112 Å². The quantitative estimate of drug-likeness (QED) is 0.610. The summed E-state index contributed by atoms with van der Waals surface area (Å²) in [6, 6.07) is -0.117. The zero-order chi connectivity index (χ0) is 21.0. The van der Waals surface area contributed by atoms with Crippen molar-refractivity contribution in [2.45, 2.75) is 38.3 Å².